The number of benzene rings is 1. The number of aliphatic imine (C=N–C) groups is 2. The van der Waals surface area contributed by atoms with Crippen LogP contribution in [0.5, 0.6) is 0 Å². The molecule has 1 saturated carbocycles. The monoisotopic (exact) mass is 472 g/mol. The fourth-order valence-electron chi connectivity index (χ4n) is 4.99. The summed E-state index contributed by atoms with van der Waals surface area (Å²) in [6.07, 6.45) is 18.7. The average Bonchev–Trinajstić information content (AvgIpc) is 2.90. The molecule has 2 aliphatic heterocycles. The van der Waals surface area contributed by atoms with E-state index in [0.717, 1.165) is 75.1 Å². The quantitative estimate of drug-likeness (QED) is 0.286. The second kappa shape index (κ2) is 12.4. The van der Waals surface area contributed by atoms with Gasteiger partial charge in [-0.1, -0.05) is 30.4 Å². The van der Waals surface area contributed by atoms with Gasteiger partial charge in [-0.2, -0.15) is 0 Å². The summed E-state index contributed by atoms with van der Waals surface area (Å²) in [5.74, 6) is 0. The number of nitrogens with one attached hydrogen (secondary N) is 2. The van der Waals surface area contributed by atoms with Crippen LogP contribution in [-0.2, 0) is 0 Å². The highest BCUT2D eigenvalue weighted by Gasteiger charge is 2.21. The van der Waals surface area contributed by atoms with Gasteiger partial charge in [-0.05, 0) is 69.7 Å². The topological polar surface area (TPSA) is 78.0 Å². The Bertz CT molecular complexity index is 1000. The molecule has 0 amide bonds. The van der Waals surface area contributed by atoms with E-state index in [1.165, 1.54) is 11.3 Å². The first kappa shape index (κ1) is 24.8. The molecule has 4 rings (SSSR count). The molecule has 6 nitrogen and oxygen atoms in total. The molecule has 1 saturated heterocycles. The first-order valence-corrected chi connectivity index (χ1v) is 13.0. The smallest absolute Gasteiger partial charge is 0.0716 e. The van der Waals surface area contributed by atoms with E-state index in [4.69, 9.17) is 15.7 Å². The summed E-state index contributed by atoms with van der Waals surface area (Å²) in [4.78, 5) is 12.1. The number of allylic oxidation sites excluding steroid dienone is 4. The number of anilines is 2. The molecule has 186 valence electrons. The molecular weight excluding hydrogens is 432 g/mol. The first-order valence-electron chi connectivity index (χ1n) is 13.0. The van der Waals surface area contributed by atoms with Gasteiger partial charge in [-0.25, -0.2) is 0 Å². The Morgan fingerprint density at radius 3 is 2.49 bits per heavy atom. The maximum Gasteiger partial charge on any atom is 0.0716 e. The van der Waals surface area contributed by atoms with Gasteiger partial charge in [0.25, 0.3) is 0 Å². The van der Waals surface area contributed by atoms with Crippen molar-refractivity contribution in [1.29, 1.82) is 0 Å². The number of nitrogens with zero attached hydrogens (tertiary/aromatic N) is 3. The average molecular weight is 473 g/mol. The Hall–Kier alpha value is -3.28. The maximum absolute atomic E-state index is 5.97. The van der Waals surface area contributed by atoms with Crippen LogP contribution in [0.4, 0.5) is 11.4 Å². The summed E-state index contributed by atoms with van der Waals surface area (Å²) in [5, 5.41) is 7.05. The van der Waals surface area contributed by atoms with Crippen molar-refractivity contribution in [2.45, 2.75) is 63.6 Å². The fourth-order valence-corrected chi connectivity index (χ4v) is 4.99. The standard InChI is InChI=1S/C29H40N6/c1-3-26(7-6-16-31-24-12-10-22(2)11-13-24)35-17-14-25(15-18-35)32-20-23(19-30)29-21-33-27-8-4-5-9-28(27)34-29/h3-9,16,19-20,24-25,29,33-34H,2,10-15,17-18,21,30H2,1H3/b7-6-,23-19?,26-3+,31-16?,32-20?. The van der Waals surface area contributed by atoms with Crippen LogP contribution >= 0.6 is 0 Å². The summed E-state index contributed by atoms with van der Waals surface area (Å²) >= 11 is 0. The van der Waals surface area contributed by atoms with Gasteiger partial charge in [-0.3, -0.25) is 9.98 Å². The minimum atomic E-state index is 0.118. The highest BCUT2D eigenvalue weighted by Crippen LogP contribution is 2.27. The molecule has 0 bridgehead atoms. The fraction of sp³-hybridized carbons (Fsp3) is 0.448. The largest absolute Gasteiger partial charge is 0.404 e. The first-order chi connectivity index (χ1) is 17.2. The second-order valence-electron chi connectivity index (χ2n) is 9.64. The van der Waals surface area contributed by atoms with Crippen LogP contribution in [0.2, 0.25) is 0 Å². The van der Waals surface area contributed by atoms with E-state index >= 15 is 0 Å². The molecule has 35 heavy (non-hydrogen) atoms. The van der Waals surface area contributed by atoms with Crippen molar-refractivity contribution in [1.82, 2.24) is 4.90 Å². The molecular formula is C29H40N6. The van der Waals surface area contributed by atoms with Gasteiger partial charge < -0.3 is 21.3 Å². The van der Waals surface area contributed by atoms with Crippen molar-refractivity contribution in [3.63, 3.8) is 0 Å². The Balaban J connectivity index is 1.24. The lowest BCUT2D eigenvalue weighted by atomic mass is 9.92. The summed E-state index contributed by atoms with van der Waals surface area (Å²) < 4.78 is 0. The lowest BCUT2D eigenvalue weighted by Gasteiger charge is -2.33. The van der Waals surface area contributed by atoms with E-state index in [0.29, 0.717) is 12.1 Å². The van der Waals surface area contributed by atoms with Gasteiger partial charge in [0.1, 0.15) is 0 Å². The molecule has 0 spiro atoms. The third-order valence-electron chi connectivity index (χ3n) is 7.22. The summed E-state index contributed by atoms with van der Waals surface area (Å²) in [6.45, 7) is 9.00. The molecule has 1 aromatic carbocycles. The van der Waals surface area contributed by atoms with Crippen LogP contribution < -0.4 is 16.4 Å². The van der Waals surface area contributed by atoms with Gasteiger partial charge in [0.2, 0.25) is 0 Å². The predicted octanol–water partition coefficient (Wildman–Crippen LogP) is 5.30. The minimum Gasteiger partial charge on any atom is -0.404 e. The van der Waals surface area contributed by atoms with E-state index in [-0.39, 0.29) is 6.04 Å². The highest BCUT2D eigenvalue weighted by molar-refractivity contribution is 5.83. The number of fused-ring (bicyclic) bond motifs is 1. The number of nitrogens with two attached hydrogens (primary N) is 1. The molecule has 1 atom stereocenters. The molecule has 6 heteroatoms. The zero-order chi connectivity index (χ0) is 24.5. The molecule has 1 aliphatic carbocycles. The normalized spacial score (nSPS) is 23.2. The lowest BCUT2D eigenvalue weighted by Crippen LogP contribution is -2.36. The molecule has 0 radical (unpaired) electrons. The molecule has 4 N–H and O–H groups in total. The zero-order valence-electron chi connectivity index (χ0n) is 21.0. The minimum absolute atomic E-state index is 0.118. The van der Waals surface area contributed by atoms with Gasteiger partial charge in [0.05, 0.1) is 29.5 Å². The molecule has 2 heterocycles. The van der Waals surface area contributed by atoms with E-state index in [9.17, 15) is 0 Å². The summed E-state index contributed by atoms with van der Waals surface area (Å²) in [7, 11) is 0. The second-order valence-corrected chi connectivity index (χ2v) is 9.64. The van der Waals surface area contributed by atoms with E-state index in [2.05, 4.69) is 59.4 Å². The molecule has 0 aromatic heterocycles. The van der Waals surface area contributed by atoms with Crippen molar-refractivity contribution < 1.29 is 0 Å². The van der Waals surface area contributed by atoms with Gasteiger partial charge >= 0.3 is 0 Å². The summed E-state index contributed by atoms with van der Waals surface area (Å²) in [6, 6.07) is 9.15. The third-order valence-corrected chi connectivity index (χ3v) is 7.22. The van der Waals surface area contributed by atoms with Crippen LogP contribution in [0.1, 0.15) is 45.4 Å². The van der Waals surface area contributed by atoms with Crippen molar-refractivity contribution in [3.8, 4) is 0 Å². The van der Waals surface area contributed by atoms with Crippen molar-refractivity contribution in [3.05, 3.63) is 72.1 Å². The predicted molar refractivity (Wildman–Crippen MR) is 150 cm³/mol. The van der Waals surface area contributed by atoms with Crippen LogP contribution in [0.25, 0.3) is 0 Å². The number of hydrogen-bond donors (Lipinski definition) is 3. The van der Waals surface area contributed by atoms with E-state index < -0.39 is 0 Å². The molecule has 1 unspecified atom stereocenters. The molecule has 3 aliphatic rings. The Morgan fingerprint density at radius 2 is 1.77 bits per heavy atom. The van der Waals surface area contributed by atoms with Crippen LogP contribution in [0.3, 0.4) is 0 Å². The van der Waals surface area contributed by atoms with E-state index in [1.807, 2.05) is 24.6 Å². The Kier molecular flexibility index (Phi) is 8.82. The number of para-hydroxylation sites is 2. The lowest BCUT2D eigenvalue weighted by molar-refractivity contribution is 0.271. The SMILES string of the molecule is C=C1CCC(N=C/C=C\C(=C/C)N2CCC(N=CC(=CN)C3CNc4ccccc4N3)CC2)CC1. The molecule has 2 fully saturated rings. The maximum atomic E-state index is 5.97. The zero-order valence-corrected chi connectivity index (χ0v) is 21.0. The van der Waals surface area contributed by atoms with Crippen molar-refractivity contribution in [2.24, 2.45) is 15.7 Å². The van der Waals surface area contributed by atoms with Crippen LogP contribution in [0.15, 0.2) is 82.1 Å². The molecule has 1 aromatic rings. The van der Waals surface area contributed by atoms with Crippen LogP contribution in [0, 0.1) is 0 Å². The number of hydrogen-bond acceptors (Lipinski definition) is 6. The number of rotatable bonds is 7. The third kappa shape index (κ3) is 6.87. The number of piperidine rings is 1. The number of likely N-dealkylation sites (tertiary alicyclic amines) is 1. The van der Waals surface area contributed by atoms with E-state index in [1.54, 1.807) is 6.20 Å². The van der Waals surface area contributed by atoms with Gasteiger partial charge in [0.15, 0.2) is 0 Å². The van der Waals surface area contributed by atoms with Gasteiger partial charge in [-0.15, -0.1) is 0 Å². The van der Waals surface area contributed by atoms with Gasteiger partial charge in [0, 0.05) is 49.5 Å². The Morgan fingerprint density at radius 1 is 1.06 bits per heavy atom. The van der Waals surface area contributed by atoms with Crippen molar-refractivity contribution >= 4 is 23.8 Å². The van der Waals surface area contributed by atoms with Crippen molar-refractivity contribution in [2.75, 3.05) is 30.3 Å². The summed E-state index contributed by atoms with van der Waals surface area (Å²) in [5.41, 5.74) is 11.9. The van der Waals surface area contributed by atoms with Crippen LogP contribution in [-0.4, -0.2) is 55.1 Å². The Labute approximate surface area is 210 Å². The highest BCUT2D eigenvalue weighted by atomic mass is 15.1.